The van der Waals surface area contributed by atoms with Gasteiger partial charge in [-0.2, -0.15) is 13.1 Å². The molecule has 0 atom stereocenters. The molecule has 0 spiro atoms. The Kier molecular flexibility index (Phi) is 6.09. The maximum Gasteiger partial charge on any atom is 0.350 e. The number of hydrogen-bond donors (Lipinski definition) is 1. The third-order valence-electron chi connectivity index (χ3n) is 4.58. The molecule has 1 N–H and O–H groups in total. The molecule has 1 saturated heterocycles. The predicted molar refractivity (Wildman–Crippen MR) is 105 cm³/mol. The second kappa shape index (κ2) is 8.36. The number of nitrogens with one attached hydrogen (secondary N) is 1. The van der Waals surface area contributed by atoms with Gasteiger partial charge in [-0.3, -0.25) is 0 Å². The number of aryl methyl sites for hydroxylation is 2. The van der Waals surface area contributed by atoms with Crippen LogP contribution in [0.25, 0.3) is 0 Å². The highest BCUT2D eigenvalue weighted by atomic mass is 32.2. The number of sulfonamides is 1. The lowest BCUT2D eigenvalue weighted by Crippen LogP contribution is -2.50. The molecule has 10 heteroatoms. The minimum absolute atomic E-state index is 0.0483. The highest BCUT2D eigenvalue weighted by molar-refractivity contribution is 7.89. The van der Waals surface area contributed by atoms with Crippen LogP contribution < -0.4 is 10.2 Å². The Morgan fingerprint density at radius 3 is 2.32 bits per heavy atom. The van der Waals surface area contributed by atoms with Crippen LogP contribution in [0.15, 0.2) is 30.3 Å². The van der Waals surface area contributed by atoms with Gasteiger partial charge in [0, 0.05) is 49.3 Å². The number of piperazine rings is 1. The van der Waals surface area contributed by atoms with Crippen LogP contribution in [-0.4, -0.2) is 54.6 Å². The topological polar surface area (TPSA) is 78.4 Å². The summed E-state index contributed by atoms with van der Waals surface area (Å²) in [7, 11) is -4.50. The van der Waals surface area contributed by atoms with E-state index in [4.69, 9.17) is 0 Å². The second-order valence-corrected chi connectivity index (χ2v) is 8.41. The molecule has 0 radical (unpaired) electrons. The molecule has 152 valence electrons. The molecule has 28 heavy (non-hydrogen) atoms. The summed E-state index contributed by atoms with van der Waals surface area (Å²) in [5.41, 5.74) is 2.74. The van der Waals surface area contributed by atoms with Gasteiger partial charge in [-0.1, -0.05) is 6.92 Å². The van der Waals surface area contributed by atoms with Crippen molar-refractivity contribution in [1.29, 1.82) is 0 Å². The molecule has 0 unspecified atom stereocenters. The summed E-state index contributed by atoms with van der Waals surface area (Å²) in [6.07, 6.45) is 0.824. The number of halogens is 2. The largest absolute Gasteiger partial charge is 0.369 e. The van der Waals surface area contributed by atoms with Crippen LogP contribution in [0.5, 0.6) is 0 Å². The Morgan fingerprint density at radius 1 is 1.11 bits per heavy atom. The molecule has 1 fully saturated rings. The first kappa shape index (κ1) is 20.4. The first-order valence-corrected chi connectivity index (χ1v) is 10.5. The standard InChI is InChI=1S/C18H23F2N5O2S/c1-3-14-12-17(22-13(2)21-14)23-15-4-6-16(7-5-15)24-8-10-25(11-9-24)28(26,27)18(19)20/h4-7,12,18H,3,8-11H2,1-2H3,(H,21,22,23). The van der Waals surface area contributed by atoms with Gasteiger partial charge >= 0.3 is 5.76 Å². The summed E-state index contributed by atoms with van der Waals surface area (Å²) >= 11 is 0. The molecule has 1 aromatic heterocycles. The molecule has 0 amide bonds. The van der Waals surface area contributed by atoms with Crippen LogP contribution >= 0.6 is 0 Å². The minimum atomic E-state index is -4.50. The molecular formula is C18H23F2N5O2S. The number of aromatic nitrogens is 2. The fourth-order valence-electron chi connectivity index (χ4n) is 3.09. The van der Waals surface area contributed by atoms with Crippen molar-refractivity contribution in [2.45, 2.75) is 26.0 Å². The van der Waals surface area contributed by atoms with E-state index in [1.807, 2.05) is 49.1 Å². The summed E-state index contributed by atoms with van der Waals surface area (Å²) in [6.45, 7) is 4.71. The van der Waals surface area contributed by atoms with Crippen LogP contribution in [-0.2, 0) is 16.4 Å². The first-order valence-electron chi connectivity index (χ1n) is 9.03. The van der Waals surface area contributed by atoms with E-state index in [9.17, 15) is 17.2 Å². The van der Waals surface area contributed by atoms with Gasteiger partial charge in [-0.05, 0) is 37.6 Å². The van der Waals surface area contributed by atoms with E-state index in [2.05, 4.69) is 15.3 Å². The monoisotopic (exact) mass is 411 g/mol. The lowest BCUT2D eigenvalue weighted by molar-refractivity contribution is 0.217. The van der Waals surface area contributed by atoms with Gasteiger partial charge in [0.2, 0.25) is 0 Å². The van der Waals surface area contributed by atoms with E-state index in [1.165, 1.54) is 0 Å². The van der Waals surface area contributed by atoms with Gasteiger partial charge in [-0.25, -0.2) is 18.4 Å². The van der Waals surface area contributed by atoms with Crippen LogP contribution in [0, 0.1) is 6.92 Å². The minimum Gasteiger partial charge on any atom is -0.369 e. The average Bonchev–Trinajstić information content (AvgIpc) is 2.68. The molecular weight excluding hydrogens is 388 g/mol. The van der Waals surface area contributed by atoms with Gasteiger partial charge in [0.15, 0.2) is 0 Å². The van der Waals surface area contributed by atoms with E-state index >= 15 is 0 Å². The normalized spacial score (nSPS) is 15.8. The van der Waals surface area contributed by atoms with Gasteiger partial charge < -0.3 is 10.2 Å². The summed E-state index contributed by atoms with van der Waals surface area (Å²) in [6, 6.07) is 9.54. The Hall–Kier alpha value is -2.33. The van der Waals surface area contributed by atoms with E-state index in [0.717, 1.165) is 33.6 Å². The maximum absolute atomic E-state index is 12.7. The lowest BCUT2D eigenvalue weighted by atomic mass is 10.2. The zero-order valence-corrected chi connectivity index (χ0v) is 16.6. The summed E-state index contributed by atoms with van der Waals surface area (Å²) in [4.78, 5) is 10.7. The lowest BCUT2D eigenvalue weighted by Gasteiger charge is -2.35. The van der Waals surface area contributed by atoms with Crippen molar-refractivity contribution in [2.24, 2.45) is 0 Å². The van der Waals surface area contributed by atoms with Crippen molar-refractivity contribution in [3.8, 4) is 0 Å². The molecule has 1 aromatic carbocycles. The zero-order chi connectivity index (χ0) is 20.3. The van der Waals surface area contributed by atoms with E-state index < -0.39 is 15.8 Å². The van der Waals surface area contributed by atoms with Gasteiger partial charge in [0.25, 0.3) is 10.0 Å². The molecule has 3 rings (SSSR count). The van der Waals surface area contributed by atoms with Crippen LogP contribution in [0.1, 0.15) is 18.4 Å². The highest BCUT2D eigenvalue weighted by Crippen LogP contribution is 2.23. The molecule has 7 nitrogen and oxygen atoms in total. The highest BCUT2D eigenvalue weighted by Gasteiger charge is 2.34. The fourth-order valence-corrected chi connectivity index (χ4v) is 3.99. The third-order valence-corrected chi connectivity index (χ3v) is 6.12. The first-order chi connectivity index (χ1) is 13.3. The third kappa shape index (κ3) is 4.56. The molecule has 0 bridgehead atoms. The maximum atomic E-state index is 12.7. The Morgan fingerprint density at radius 2 is 1.75 bits per heavy atom. The Bertz CT molecular complexity index is 914. The predicted octanol–water partition coefficient (Wildman–Crippen LogP) is 2.77. The van der Waals surface area contributed by atoms with Gasteiger partial charge in [-0.15, -0.1) is 0 Å². The summed E-state index contributed by atoms with van der Waals surface area (Å²) in [5, 5.41) is 3.25. The van der Waals surface area contributed by atoms with E-state index in [1.54, 1.807) is 0 Å². The smallest absolute Gasteiger partial charge is 0.350 e. The van der Waals surface area contributed by atoms with Crippen molar-refractivity contribution in [1.82, 2.24) is 14.3 Å². The van der Waals surface area contributed by atoms with Crippen LogP contribution in [0.3, 0.4) is 0 Å². The molecule has 0 aliphatic carbocycles. The summed E-state index contributed by atoms with van der Waals surface area (Å²) in [5.74, 6) is -1.94. The molecule has 1 aliphatic rings. The van der Waals surface area contributed by atoms with Crippen molar-refractivity contribution in [3.63, 3.8) is 0 Å². The number of hydrogen-bond acceptors (Lipinski definition) is 6. The van der Waals surface area contributed by atoms with Gasteiger partial charge in [0.05, 0.1) is 0 Å². The fraction of sp³-hybridized carbons (Fsp3) is 0.444. The van der Waals surface area contributed by atoms with Crippen LogP contribution in [0.4, 0.5) is 26.0 Å². The molecule has 1 aliphatic heterocycles. The number of anilines is 3. The second-order valence-electron chi connectivity index (χ2n) is 6.51. The van der Waals surface area contributed by atoms with Crippen molar-refractivity contribution < 1.29 is 17.2 Å². The molecule has 2 heterocycles. The van der Waals surface area contributed by atoms with Gasteiger partial charge in [0.1, 0.15) is 11.6 Å². The van der Waals surface area contributed by atoms with E-state index in [0.29, 0.717) is 18.9 Å². The SMILES string of the molecule is CCc1cc(Nc2ccc(N3CCN(S(=O)(=O)C(F)F)CC3)cc2)nc(C)n1. The van der Waals surface area contributed by atoms with Crippen LogP contribution in [0.2, 0.25) is 0 Å². The summed E-state index contributed by atoms with van der Waals surface area (Å²) < 4.78 is 49.3. The Balaban J connectivity index is 1.63. The number of alkyl halides is 2. The molecule has 2 aromatic rings. The zero-order valence-electron chi connectivity index (χ0n) is 15.8. The van der Waals surface area contributed by atoms with E-state index in [-0.39, 0.29) is 13.1 Å². The number of rotatable bonds is 6. The van der Waals surface area contributed by atoms with Crippen molar-refractivity contribution in [2.75, 3.05) is 36.4 Å². The number of benzene rings is 1. The number of nitrogens with zero attached hydrogens (tertiary/aromatic N) is 4. The molecule has 0 saturated carbocycles. The van der Waals surface area contributed by atoms with Crippen molar-refractivity contribution in [3.05, 3.63) is 41.9 Å². The average molecular weight is 411 g/mol. The Labute approximate surface area is 163 Å². The van der Waals surface area contributed by atoms with Crippen molar-refractivity contribution >= 4 is 27.2 Å². The quantitative estimate of drug-likeness (QED) is 0.788.